The maximum absolute atomic E-state index is 14.9. The van der Waals surface area contributed by atoms with Gasteiger partial charge in [0.15, 0.2) is 11.6 Å². The Kier molecular flexibility index (Phi) is 5.57. The summed E-state index contributed by atoms with van der Waals surface area (Å²) in [7, 11) is 0. The van der Waals surface area contributed by atoms with Crippen LogP contribution in [0.4, 0.5) is 13.2 Å². The van der Waals surface area contributed by atoms with Crippen LogP contribution in [0.2, 0.25) is 0 Å². The lowest BCUT2D eigenvalue weighted by Crippen LogP contribution is -1.91. The van der Waals surface area contributed by atoms with E-state index in [1.807, 2.05) is 12.1 Å². The number of benzene rings is 4. The second-order valence-electron chi connectivity index (χ2n) is 7.61. The van der Waals surface area contributed by atoms with E-state index in [-0.39, 0.29) is 5.56 Å². The SMILES string of the molecule is CCCCCCc1ccc2c(ccc3cc(-c4ccc(F)c(F)c4)c(F)cc32)c1. The molecular formula is C26H23F3. The molecular weight excluding hydrogens is 369 g/mol. The average Bonchev–Trinajstić information content (AvgIpc) is 2.72. The van der Waals surface area contributed by atoms with Crippen LogP contribution in [0.1, 0.15) is 38.2 Å². The van der Waals surface area contributed by atoms with Gasteiger partial charge in [0.2, 0.25) is 0 Å². The number of unbranched alkanes of at least 4 members (excludes halogenated alkanes) is 3. The minimum absolute atomic E-state index is 0.267. The number of hydrogen-bond donors (Lipinski definition) is 0. The number of halogens is 3. The van der Waals surface area contributed by atoms with Gasteiger partial charge in [-0.1, -0.05) is 62.6 Å². The van der Waals surface area contributed by atoms with E-state index in [2.05, 4.69) is 25.1 Å². The zero-order chi connectivity index (χ0) is 20.4. The third-order valence-electron chi connectivity index (χ3n) is 5.54. The normalized spacial score (nSPS) is 11.4. The van der Waals surface area contributed by atoms with E-state index in [9.17, 15) is 13.2 Å². The van der Waals surface area contributed by atoms with Gasteiger partial charge in [-0.15, -0.1) is 0 Å². The molecule has 0 saturated carbocycles. The van der Waals surface area contributed by atoms with Gasteiger partial charge in [0.1, 0.15) is 5.82 Å². The molecule has 3 heteroatoms. The Bertz CT molecular complexity index is 1180. The molecule has 0 aliphatic heterocycles. The quantitative estimate of drug-likeness (QED) is 0.229. The molecule has 0 amide bonds. The van der Waals surface area contributed by atoms with E-state index in [4.69, 9.17) is 0 Å². The van der Waals surface area contributed by atoms with Crippen molar-refractivity contribution in [3.05, 3.63) is 83.7 Å². The summed E-state index contributed by atoms with van der Waals surface area (Å²) in [5.41, 5.74) is 1.89. The average molecular weight is 392 g/mol. The topological polar surface area (TPSA) is 0 Å². The second kappa shape index (κ2) is 8.28. The fraction of sp³-hybridized carbons (Fsp3) is 0.231. The van der Waals surface area contributed by atoms with E-state index in [1.165, 1.54) is 43.4 Å². The van der Waals surface area contributed by atoms with Crippen molar-refractivity contribution < 1.29 is 13.2 Å². The van der Waals surface area contributed by atoms with Crippen LogP contribution in [0, 0.1) is 17.5 Å². The lowest BCUT2D eigenvalue weighted by molar-refractivity contribution is 0.509. The predicted molar refractivity (Wildman–Crippen MR) is 115 cm³/mol. The summed E-state index contributed by atoms with van der Waals surface area (Å²) in [6.45, 7) is 2.21. The summed E-state index contributed by atoms with van der Waals surface area (Å²) in [5.74, 6) is -2.36. The van der Waals surface area contributed by atoms with Crippen molar-refractivity contribution in [1.29, 1.82) is 0 Å². The predicted octanol–water partition coefficient (Wildman–Crippen LogP) is 8.20. The summed E-state index contributed by atoms with van der Waals surface area (Å²) in [6, 6.07) is 17.0. The first-order chi connectivity index (χ1) is 14.1. The van der Waals surface area contributed by atoms with Gasteiger partial charge in [-0.25, -0.2) is 13.2 Å². The summed E-state index contributed by atoms with van der Waals surface area (Å²) < 4.78 is 41.7. The molecule has 0 saturated heterocycles. The highest BCUT2D eigenvalue weighted by molar-refractivity contribution is 6.08. The molecule has 0 atom stereocenters. The first kappa shape index (κ1) is 19.5. The van der Waals surface area contributed by atoms with E-state index in [0.29, 0.717) is 5.56 Å². The molecule has 4 rings (SSSR count). The largest absolute Gasteiger partial charge is 0.206 e. The first-order valence-electron chi connectivity index (χ1n) is 10.2. The Morgan fingerprint density at radius 1 is 0.621 bits per heavy atom. The van der Waals surface area contributed by atoms with Crippen molar-refractivity contribution in [2.24, 2.45) is 0 Å². The highest BCUT2D eigenvalue weighted by atomic mass is 19.2. The number of hydrogen-bond acceptors (Lipinski definition) is 0. The van der Waals surface area contributed by atoms with Crippen molar-refractivity contribution in [2.75, 3.05) is 0 Å². The third-order valence-corrected chi connectivity index (χ3v) is 5.54. The van der Waals surface area contributed by atoms with Crippen LogP contribution >= 0.6 is 0 Å². The molecule has 0 fully saturated rings. The minimum Gasteiger partial charge on any atom is -0.206 e. The Morgan fingerprint density at radius 2 is 1.41 bits per heavy atom. The van der Waals surface area contributed by atoms with Crippen molar-refractivity contribution >= 4 is 21.5 Å². The molecule has 0 bridgehead atoms. The van der Waals surface area contributed by atoms with Gasteiger partial charge in [-0.2, -0.15) is 0 Å². The number of rotatable bonds is 6. The highest BCUT2D eigenvalue weighted by Crippen LogP contribution is 2.33. The van der Waals surface area contributed by atoms with E-state index in [0.717, 1.165) is 40.1 Å². The molecule has 0 radical (unpaired) electrons. The first-order valence-corrected chi connectivity index (χ1v) is 10.2. The minimum atomic E-state index is -0.980. The molecule has 0 aliphatic carbocycles. The van der Waals surface area contributed by atoms with Gasteiger partial charge < -0.3 is 0 Å². The van der Waals surface area contributed by atoms with E-state index in [1.54, 1.807) is 6.07 Å². The standard InChI is InChI=1S/C26H23F3/c1-2-3-4-5-6-17-7-11-21-18(13-17)8-9-19-14-23(25(28)16-22(19)21)20-10-12-24(27)26(29)15-20/h7-16H,2-6H2,1H3. The molecule has 29 heavy (non-hydrogen) atoms. The van der Waals surface area contributed by atoms with Crippen LogP contribution in [0.25, 0.3) is 32.7 Å². The second-order valence-corrected chi connectivity index (χ2v) is 7.61. The fourth-order valence-corrected chi connectivity index (χ4v) is 3.93. The van der Waals surface area contributed by atoms with Gasteiger partial charge >= 0.3 is 0 Å². The zero-order valence-electron chi connectivity index (χ0n) is 16.4. The Morgan fingerprint density at radius 3 is 2.17 bits per heavy atom. The van der Waals surface area contributed by atoms with Crippen molar-refractivity contribution in [2.45, 2.75) is 39.0 Å². The molecule has 0 aliphatic rings. The van der Waals surface area contributed by atoms with Crippen LogP contribution in [-0.4, -0.2) is 0 Å². The van der Waals surface area contributed by atoms with Crippen molar-refractivity contribution in [3.8, 4) is 11.1 Å². The summed E-state index contributed by atoms with van der Waals surface area (Å²) in [6.07, 6.45) is 5.96. The van der Waals surface area contributed by atoms with E-state index < -0.39 is 17.5 Å². The summed E-state index contributed by atoms with van der Waals surface area (Å²) in [5, 5.41) is 3.78. The summed E-state index contributed by atoms with van der Waals surface area (Å²) in [4.78, 5) is 0. The van der Waals surface area contributed by atoms with Gasteiger partial charge in [0.05, 0.1) is 0 Å². The van der Waals surface area contributed by atoms with Gasteiger partial charge in [-0.05, 0) is 69.8 Å². The van der Waals surface area contributed by atoms with Crippen LogP contribution in [0.5, 0.6) is 0 Å². The molecule has 0 spiro atoms. The molecule has 0 nitrogen and oxygen atoms in total. The van der Waals surface area contributed by atoms with Gasteiger partial charge in [0.25, 0.3) is 0 Å². The Hall–Kier alpha value is -2.81. The maximum atomic E-state index is 14.9. The third kappa shape index (κ3) is 4.00. The van der Waals surface area contributed by atoms with Crippen molar-refractivity contribution in [1.82, 2.24) is 0 Å². The molecule has 0 heterocycles. The molecule has 148 valence electrons. The van der Waals surface area contributed by atoms with Gasteiger partial charge in [0, 0.05) is 5.56 Å². The van der Waals surface area contributed by atoms with E-state index >= 15 is 0 Å². The van der Waals surface area contributed by atoms with Crippen LogP contribution in [0.3, 0.4) is 0 Å². The maximum Gasteiger partial charge on any atom is 0.159 e. The fourth-order valence-electron chi connectivity index (χ4n) is 3.93. The van der Waals surface area contributed by atoms with Crippen LogP contribution in [0.15, 0.2) is 60.7 Å². The molecule has 0 aromatic heterocycles. The van der Waals surface area contributed by atoms with Crippen LogP contribution in [-0.2, 0) is 6.42 Å². The number of fused-ring (bicyclic) bond motifs is 3. The van der Waals surface area contributed by atoms with Crippen LogP contribution < -0.4 is 0 Å². The zero-order valence-corrected chi connectivity index (χ0v) is 16.4. The number of aryl methyl sites for hydroxylation is 1. The highest BCUT2D eigenvalue weighted by Gasteiger charge is 2.12. The summed E-state index contributed by atoms with van der Waals surface area (Å²) >= 11 is 0. The molecule has 0 N–H and O–H groups in total. The Balaban J connectivity index is 1.72. The lowest BCUT2D eigenvalue weighted by Gasteiger charge is -2.10. The molecule has 4 aromatic carbocycles. The smallest absolute Gasteiger partial charge is 0.159 e. The van der Waals surface area contributed by atoms with Crippen molar-refractivity contribution in [3.63, 3.8) is 0 Å². The van der Waals surface area contributed by atoms with Gasteiger partial charge in [-0.3, -0.25) is 0 Å². The molecule has 4 aromatic rings. The molecule has 0 unspecified atom stereocenters. The monoisotopic (exact) mass is 392 g/mol. The lowest BCUT2D eigenvalue weighted by atomic mass is 9.95. The Labute approximate surface area is 169 Å².